The zero-order valence-electron chi connectivity index (χ0n) is 16.7. The average molecular weight is 407 g/mol. The summed E-state index contributed by atoms with van der Waals surface area (Å²) in [6.45, 7) is 3.78. The molecule has 1 aromatic heterocycles. The number of pyridine rings is 1. The lowest BCUT2D eigenvalue weighted by Gasteiger charge is -2.35. The quantitative estimate of drug-likeness (QED) is 0.768. The van der Waals surface area contributed by atoms with Crippen molar-refractivity contribution < 1.29 is 14.4 Å². The Morgan fingerprint density at radius 2 is 1.77 bits per heavy atom. The highest BCUT2D eigenvalue weighted by Gasteiger charge is 2.31. The molecular formula is C22H25N5O3. The van der Waals surface area contributed by atoms with Gasteiger partial charge in [0.15, 0.2) is 0 Å². The topological polar surface area (TPSA) is 94.6 Å². The summed E-state index contributed by atoms with van der Waals surface area (Å²) >= 11 is 0. The summed E-state index contributed by atoms with van der Waals surface area (Å²) in [5.41, 5.74) is 2.13. The Morgan fingerprint density at radius 3 is 2.53 bits per heavy atom. The van der Waals surface area contributed by atoms with Crippen molar-refractivity contribution in [1.82, 2.24) is 20.1 Å². The minimum absolute atomic E-state index is 0.0391. The summed E-state index contributed by atoms with van der Waals surface area (Å²) in [5.74, 6) is -0.824. The molecule has 1 atom stereocenters. The largest absolute Gasteiger partial charge is 0.340 e. The number of rotatable bonds is 5. The van der Waals surface area contributed by atoms with Crippen LogP contribution in [0.2, 0.25) is 0 Å². The summed E-state index contributed by atoms with van der Waals surface area (Å²) < 4.78 is 0. The number of aromatic nitrogens is 1. The smallest absolute Gasteiger partial charge is 0.254 e. The first-order valence-corrected chi connectivity index (χ1v) is 10.2. The van der Waals surface area contributed by atoms with E-state index < -0.39 is 6.04 Å². The molecule has 8 nitrogen and oxygen atoms in total. The van der Waals surface area contributed by atoms with Crippen LogP contribution in [-0.2, 0) is 16.0 Å². The Hall–Kier alpha value is -3.26. The van der Waals surface area contributed by atoms with Gasteiger partial charge in [-0.15, -0.1) is 0 Å². The molecule has 0 bridgehead atoms. The third kappa shape index (κ3) is 4.65. The molecule has 2 N–H and O–H groups in total. The molecule has 8 heteroatoms. The van der Waals surface area contributed by atoms with Gasteiger partial charge in [0.1, 0.15) is 6.04 Å². The van der Waals surface area contributed by atoms with E-state index in [0.29, 0.717) is 24.3 Å². The number of carbonyl (C=O) groups is 3. The fraction of sp³-hybridized carbons (Fsp3) is 0.364. The van der Waals surface area contributed by atoms with E-state index in [-0.39, 0.29) is 24.1 Å². The second-order valence-electron chi connectivity index (χ2n) is 7.59. The van der Waals surface area contributed by atoms with Crippen LogP contribution in [0, 0.1) is 0 Å². The van der Waals surface area contributed by atoms with Crippen LogP contribution >= 0.6 is 0 Å². The Morgan fingerprint density at radius 1 is 1.03 bits per heavy atom. The molecule has 1 fully saturated rings. The maximum Gasteiger partial charge on any atom is 0.254 e. The second-order valence-corrected chi connectivity index (χ2v) is 7.59. The summed E-state index contributed by atoms with van der Waals surface area (Å²) in [6, 6.07) is 10.00. The molecule has 1 unspecified atom stereocenters. The monoisotopic (exact) mass is 407 g/mol. The average Bonchev–Trinajstić information content (AvgIpc) is 2.89. The number of fused-ring (bicyclic) bond motifs is 1. The van der Waals surface area contributed by atoms with Gasteiger partial charge in [0.2, 0.25) is 11.8 Å². The third-order valence-electron chi connectivity index (χ3n) is 5.62. The van der Waals surface area contributed by atoms with Crippen LogP contribution in [0.4, 0.5) is 5.69 Å². The normalized spacial score (nSPS) is 19.5. The summed E-state index contributed by atoms with van der Waals surface area (Å²) in [5, 5.41) is 5.43. The van der Waals surface area contributed by atoms with Crippen molar-refractivity contribution in [3.63, 3.8) is 0 Å². The maximum absolute atomic E-state index is 12.8. The van der Waals surface area contributed by atoms with Crippen molar-refractivity contribution in [3.8, 4) is 0 Å². The van der Waals surface area contributed by atoms with Crippen LogP contribution in [0.25, 0.3) is 0 Å². The van der Waals surface area contributed by atoms with Gasteiger partial charge in [-0.2, -0.15) is 0 Å². The predicted octanol–water partition coefficient (Wildman–Crippen LogP) is 0.909. The summed E-state index contributed by atoms with van der Waals surface area (Å²) in [4.78, 5) is 45.8. The molecule has 0 radical (unpaired) electrons. The number of benzene rings is 1. The number of nitrogens with one attached hydrogen (secondary N) is 2. The van der Waals surface area contributed by atoms with Gasteiger partial charge < -0.3 is 15.5 Å². The number of para-hydroxylation sites is 1. The first-order chi connectivity index (χ1) is 14.6. The van der Waals surface area contributed by atoms with Gasteiger partial charge in [-0.05, 0) is 36.2 Å². The summed E-state index contributed by atoms with van der Waals surface area (Å²) in [6.07, 6.45) is 4.51. The number of piperazine rings is 1. The number of amides is 3. The highest BCUT2D eigenvalue weighted by molar-refractivity contribution is 6.10. The molecule has 0 aliphatic carbocycles. The van der Waals surface area contributed by atoms with E-state index in [4.69, 9.17) is 0 Å². The van der Waals surface area contributed by atoms with Gasteiger partial charge in [0.25, 0.3) is 5.91 Å². The van der Waals surface area contributed by atoms with Crippen LogP contribution in [0.3, 0.4) is 0 Å². The molecule has 3 heterocycles. The van der Waals surface area contributed by atoms with Crippen molar-refractivity contribution in [1.29, 1.82) is 0 Å². The van der Waals surface area contributed by atoms with Gasteiger partial charge >= 0.3 is 0 Å². The number of nitrogens with zero attached hydrogens (tertiary/aromatic N) is 3. The van der Waals surface area contributed by atoms with Gasteiger partial charge in [0, 0.05) is 45.1 Å². The van der Waals surface area contributed by atoms with E-state index in [9.17, 15) is 14.4 Å². The molecule has 2 aliphatic rings. The second kappa shape index (κ2) is 9.04. The summed E-state index contributed by atoms with van der Waals surface area (Å²) in [7, 11) is 0. The highest BCUT2D eigenvalue weighted by Crippen LogP contribution is 2.19. The lowest BCUT2D eigenvalue weighted by atomic mass is 10.1. The van der Waals surface area contributed by atoms with Crippen molar-refractivity contribution >= 4 is 23.4 Å². The van der Waals surface area contributed by atoms with Gasteiger partial charge in [-0.3, -0.25) is 24.3 Å². The SMILES string of the molecule is O=C1NC(CC(=O)N2CCN(CCc3ccncc3)CC2)C(=O)Nc2ccccc21. The van der Waals surface area contributed by atoms with Gasteiger partial charge in [0.05, 0.1) is 17.7 Å². The fourth-order valence-electron chi connectivity index (χ4n) is 3.82. The molecule has 0 spiro atoms. The zero-order chi connectivity index (χ0) is 20.9. The molecule has 2 aliphatic heterocycles. The van der Waals surface area contributed by atoms with Crippen molar-refractivity contribution in [3.05, 3.63) is 59.9 Å². The minimum Gasteiger partial charge on any atom is -0.340 e. The van der Waals surface area contributed by atoms with E-state index in [1.54, 1.807) is 41.6 Å². The van der Waals surface area contributed by atoms with Crippen molar-refractivity contribution in [2.45, 2.75) is 18.9 Å². The van der Waals surface area contributed by atoms with E-state index in [1.165, 1.54) is 5.56 Å². The highest BCUT2D eigenvalue weighted by atomic mass is 16.2. The Bertz CT molecular complexity index is 925. The Balaban J connectivity index is 1.28. The first-order valence-electron chi connectivity index (χ1n) is 10.2. The lowest BCUT2D eigenvalue weighted by molar-refractivity contribution is -0.135. The van der Waals surface area contributed by atoms with E-state index in [1.807, 2.05) is 12.1 Å². The van der Waals surface area contributed by atoms with Crippen LogP contribution in [0.5, 0.6) is 0 Å². The molecule has 4 rings (SSSR count). The number of anilines is 1. The van der Waals surface area contributed by atoms with E-state index in [0.717, 1.165) is 26.1 Å². The molecule has 30 heavy (non-hydrogen) atoms. The molecule has 156 valence electrons. The maximum atomic E-state index is 12.8. The van der Waals surface area contributed by atoms with Crippen molar-refractivity contribution in [2.24, 2.45) is 0 Å². The molecule has 2 aromatic rings. The van der Waals surface area contributed by atoms with E-state index in [2.05, 4.69) is 20.5 Å². The third-order valence-corrected chi connectivity index (χ3v) is 5.62. The number of hydrogen-bond donors (Lipinski definition) is 2. The Kier molecular flexibility index (Phi) is 6.04. The molecular weight excluding hydrogens is 382 g/mol. The van der Waals surface area contributed by atoms with Gasteiger partial charge in [-0.1, -0.05) is 12.1 Å². The first kappa shape index (κ1) is 20.0. The van der Waals surface area contributed by atoms with Crippen molar-refractivity contribution in [2.75, 3.05) is 38.0 Å². The molecule has 1 saturated heterocycles. The fourth-order valence-corrected chi connectivity index (χ4v) is 3.82. The molecule has 3 amide bonds. The number of hydrogen-bond acceptors (Lipinski definition) is 5. The predicted molar refractivity (Wildman–Crippen MR) is 112 cm³/mol. The van der Waals surface area contributed by atoms with Crippen LogP contribution < -0.4 is 10.6 Å². The van der Waals surface area contributed by atoms with Gasteiger partial charge in [-0.25, -0.2) is 0 Å². The standard InChI is InChI=1S/C22H25N5O3/c28-20(15-19-22(30)24-18-4-2-1-3-17(18)21(29)25-19)27-13-11-26(12-14-27)10-7-16-5-8-23-9-6-16/h1-6,8-9,19H,7,10-15H2,(H,24,30)(H,25,29). The number of carbonyl (C=O) groups excluding carboxylic acids is 3. The Labute approximate surface area is 175 Å². The minimum atomic E-state index is -0.873. The van der Waals surface area contributed by atoms with Crippen LogP contribution in [0.15, 0.2) is 48.8 Å². The van der Waals surface area contributed by atoms with Crippen LogP contribution in [0.1, 0.15) is 22.3 Å². The zero-order valence-corrected chi connectivity index (χ0v) is 16.7. The van der Waals surface area contributed by atoms with E-state index >= 15 is 0 Å². The molecule has 0 saturated carbocycles. The molecule has 1 aromatic carbocycles. The van der Waals surface area contributed by atoms with Crippen LogP contribution in [-0.4, -0.2) is 71.3 Å². The lowest BCUT2D eigenvalue weighted by Crippen LogP contribution is -2.51.